The lowest BCUT2D eigenvalue weighted by atomic mass is 9.99. The summed E-state index contributed by atoms with van der Waals surface area (Å²) < 4.78 is 10.2. The quantitative estimate of drug-likeness (QED) is 0.635. The molecule has 106 valence electrons. The minimum Gasteiger partial charge on any atom is -0.466 e. The van der Waals surface area contributed by atoms with Crippen LogP contribution >= 0.6 is 0 Å². The lowest BCUT2D eigenvalue weighted by molar-refractivity contribution is -0.142. The first kappa shape index (κ1) is 14.3. The fraction of sp³-hybridized carbons (Fsp3) is 0.375. The summed E-state index contributed by atoms with van der Waals surface area (Å²) in [5.74, 6) is 0.00532. The standard InChI is InChI=1S/C16H18O4/c1-4-19-15(17)8-12-9-16(18)20-14-7-11(10(2)3)5-6-13(12)14/h5-7,9-10H,4,8H2,1-3H3. The zero-order valence-corrected chi connectivity index (χ0v) is 11.9. The molecule has 0 radical (unpaired) electrons. The van der Waals surface area contributed by atoms with Crippen LogP contribution in [0.15, 0.2) is 33.5 Å². The van der Waals surface area contributed by atoms with Gasteiger partial charge in [0.15, 0.2) is 0 Å². The van der Waals surface area contributed by atoms with Crippen molar-refractivity contribution in [2.75, 3.05) is 6.61 Å². The third-order valence-corrected chi connectivity index (χ3v) is 3.16. The van der Waals surface area contributed by atoms with Crippen molar-refractivity contribution in [3.8, 4) is 0 Å². The summed E-state index contributed by atoms with van der Waals surface area (Å²) >= 11 is 0. The molecule has 0 N–H and O–H groups in total. The highest BCUT2D eigenvalue weighted by molar-refractivity contribution is 5.85. The summed E-state index contributed by atoms with van der Waals surface area (Å²) in [5.41, 5.74) is 1.81. The molecule has 0 bridgehead atoms. The first-order valence-electron chi connectivity index (χ1n) is 6.73. The predicted octanol–water partition coefficient (Wildman–Crippen LogP) is 3.02. The third-order valence-electron chi connectivity index (χ3n) is 3.16. The van der Waals surface area contributed by atoms with Crippen LogP contribution in [0, 0.1) is 0 Å². The van der Waals surface area contributed by atoms with E-state index in [0.717, 1.165) is 10.9 Å². The minimum atomic E-state index is -0.447. The smallest absolute Gasteiger partial charge is 0.336 e. The van der Waals surface area contributed by atoms with Gasteiger partial charge in [0.05, 0.1) is 13.0 Å². The van der Waals surface area contributed by atoms with E-state index in [0.29, 0.717) is 23.7 Å². The first-order valence-corrected chi connectivity index (χ1v) is 6.73. The predicted molar refractivity (Wildman–Crippen MR) is 76.9 cm³/mol. The Balaban J connectivity index is 2.49. The number of ether oxygens (including phenoxy) is 1. The summed E-state index contributed by atoms with van der Waals surface area (Å²) in [6.45, 7) is 6.23. The van der Waals surface area contributed by atoms with Gasteiger partial charge in [0.1, 0.15) is 5.58 Å². The largest absolute Gasteiger partial charge is 0.466 e. The van der Waals surface area contributed by atoms with Crippen LogP contribution in [0.25, 0.3) is 11.0 Å². The molecule has 0 unspecified atom stereocenters. The molecule has 0 saturated carbocycles. The van der Waals surface area contributed by atoms with Crippen molar-refractivity contribution in [3.05, 3.63) is 45.8 Å². The monoisotopic (exact) mass is 274 g/mol. The number of fused-ring (bicyclic) bond motifs is 1. The molecule has 1 aromatic heterocycles. The Hall–Kier alpha value is -2.10. The van der Waals surface area contributed by atoms with Crippen LogP contribution in [0.3, 0.4) is 0 Å². The first-order chi connectivity index (χ1) is 9.51. The topological polar surface area (TPSA) is 56.5 Å². The number of hydrogen-bond acceptors (Lipinski definition) is 4. The van der Waals surface area contributed by atoms with Crippen LogP contribution in [-0.4, -0.2) is 12.6 Å². The summed E-state index contributed by atoms with van der Waals surface area (Å²) in [5, 5.41) is 0.780. The van der Waals surface area contributed by atoms with E-state index in [1.165, 1.54) is 6.07 Å². The molecule has 1 aromatic carbocycles. The molecule has 1 heterocycles. The fourth-order valence-corrected chi connectivity index (χ4v) is 2.12. The van der Waals surface area contributed by atoms with Crippen LogP contribution in [0.1, 0.15) is 37.8 Å². The van der Waals surface area contributed by atoms with Crippen molar-refractivity contribution in [1.82, 2.24) is 0 Å². The normalized spacial score (nSPS) is 11.0. The number of carbonyl (C=O) groups is 1. The average Bonchev–Trinajstić information content (AvgIpc) is 2.37. The van der Waals surface area contributed by atoms with E-state index in [1.54, 1.807) is 6.92 Å². The summed E-state index contributed by atoms with van der Waals surface area (Å²) in [7, 11) is 0. The molecule has 0 aliphatic carbocycles. The molecular formula is C16H18O4. The van der Waals surface area contributed by atoms with Gasteiger partial charge in [-0.05, 0) is 30.0 Å². The number of hydrogen-bond donors (Lipinski definition) is 0. The second-order valence-corrected chi connectivity index (χ2v) is 4.98. The van der Waals surface area contributed by atoms with Gasteiger partial charge in [-0.1, -0.05) is 26.0 Å². The molecule has 4 nitrogen and oxygen atoms in total. The van der Waals surface area contributed by atoms with Crippen LogP contribution in [0.2, 0.25) is 0 Å². The van der Waals surface area contributed by atoms with Gasteiger partial charge in [-0.2, -0.15) is 0 Å². The Kier molecular flexibility index (Phi) is 4.23. The zero-order chi connectivity index (χ0) is 14.7. The lowest BCUT2D eigenvalue weighted by Gasteiger charge is -2.09. The summed E-state index contributed by atoms with van der Waals surface area (Å²) in [6, 6.07) is 7.09. The van der Waals surface area contributed by atoms with Crippen molar-refractivity contribution in [2.24, 2.45) is 0 Å². The highest BCUT2D eigenvalue weighted by Gasteiger charge is 2.12. The van der Waals surface area contributed by atoms with Gasteiger partial charge >= 0.3 is 11.6 Å². The summed E-state index contributed by atoms with van der Waals surface area (Å²) in [6.07, 6.45) is 0.0803. The fourth-order valence-electron chi connectivity index (χ4n) is 2.12. The molecule has 0 atom stereocenters. The van der Waals surface area contributed by atoms with E-state index in [1.807, 2.05) is 18.2 Å². The Morgan fingerprint density at radius 2 is 2.05 bits per heavy atom. The maximum atomic E-state index is 11.6. The Morgan fingerprint density at radius 3 is 2.70 bits per heavy atom. The maximum Gasteiger partial charge on any atom is 0.336 e. The molecule has 0 aliphatic rings. The van der Waals surface area contributed by atoms with Gasteiger partial charge in [-0.25, -0.2) is 4.79 Å². The highest BCUT2D eigenvalue weighted by atomic mass is 16.5. The highest BCUT2D eigenvalue weighted by Crippen LogP contribution is 2.23. The molecule has 0 saturated heterocycles. The third kappa shape index (κ3) is 3.07. The molecule has 0 aliphatic heterocycles. The molecular weight excluding hydrogens is 256 g/mol. The van der Waals surface area contributed by atoms with Gasteiger partial charge in [0.25, 0.3) is 0 Å². The Bertz CT molecular complexity index is 682. The van der Waals surface area contributed by atoms with E-state index >= 15 is 0 Å². The average molecular weight is 274 g/mol. The number of carbonyl (C=O) groups excluding carboxylic acids is 1. The van der Waals surface area contributed by atoms with Crippen molar-refractivity contribution in [3.63, 3.8) is 0 Å². The van der Waals surface area contributed by atoms with Crippen LogP contribution in [-0.2, 0) is 16.0 Å². The van der Waals surface area contributed by atoms with Gasteiger partial charge in [-0.15, -0.1) is 0 Å². The molecule has 2 rings (SSSR count). The Morgan fingerprint density at radius 1 is 1.30 bits per heavy atom. The van der Waals surface area contributed by atoms with Gasteiger partial charge in [-0.3, -0.25) is 4.79 Å². The summed E-state index contributed by atoms with van der Waals surface area (Å²) in [4.78, 5) is 23.2. The zero-order valence-electron chi connectivity index (χ0n) is 11.9. The van der Waals surface area contributed by atoms with Crippen molar-refractivity contribution >= 4 is 16.9 Å². The maximum absolute atomic E-state index is 11.6. The SMILES string of the molecule is CCOC(=O)Cc1cc(=O)oc2cc(C(C)C)ccc12. The van der Waals surface area contributed by atoms with E-state index in [-0.39, 0.29) is 12.4 Å². The van der Waals surface area contributed by atoms with Gasteiger partial charge in [0.2, 0.25) is 0 Å². The van der Waals surface area contributed by atoms with Gasteiger partial charge < -0.3 is 9.15 Å². The van der Waals surface area contributed by atoms with E-state index in [9.17, 15) is 9.59 Å². The Labute approximate surface area is 117 Å². The van der Waals surface area contributed by atoms with E-state index in [2.05, 4.69) is 13.8 Å². The van der Waals surface area contributed by atoms with Crippen molar-refractivity contribution in [1.29, 1.82) is 0 Å². The van der Waals surface area contributed by atoms with E-state index < -0.39 is 5.63 Å². The molecule has 0 amide bonds. The molecule has 0 spiro atoms. The van der Waals surface area contributed by atoms with Crippen LogP contribution in [0.5, 0.6) is 0 Å². The van der Waals surface area contributed by atoms with Crippen molar-refractivity contribution < 1.29 is 13.9 Å². The van der Waals surface area contributed by atoms with E-state index in [4.69, 9.17) is 9.15 Å². The molecule has 20 heavy (non-hydrogen) atoms. The molecule has 2 aromatic rings. The van der Waals surface area contributed by atoms with Gasteiger partial charge in [0, 0.05) is 11.5 Å². The lowest BCUT2D eigenvalue weighted by Crippen LogP contribution is -2.10. The van der Waals surface area contributed by atoms with Crippen LogP contribution < -0.4 is 5.63 Å². The molecule has 4 heteroatoms. The number of benzene rings is 1. The second-order valence-electron chi connectivity index (χ2n) is 4.98. The molecule has 0 fully saturated rings. The minimum absolute atomic E-state index is 0.0803. The van der Waals surface area contributed by atoms with Crippen LogP contribution in [0.4, 0.5) is 0 Å². The number of esters is 1. The second kappa shape index (κ2) is 5.90. The number of rotatable bonds is 4. The van der Waals surface area contributed by atoms with Crippen molar-refractivity contribution in [2.45, 2.75) is 33.1 Å².